The molecule has 6 heteroatoms. The molecule has 0 radical (unpaired) electrons. The molecule has 17 heavy (non-hydrogen) atoms. The van der Waals surface area contributed by atoms with Crippen molar-refractivity contribution in [3.8, 4) is 0 Å². The van der Waals surface area contributed by atoms with Crippen LogP contribution in [0.25, 0.3) is 0 Å². The van der Waals surface area contributed by atoms with Gasteiger partial charge in [-0.3, -0.25) is 10.1 Å². The van der Waals surface area contributed by atoms with Crippen molar-refractivity contribution in [1.29, 1.82) is 0 Å². The summed E-state index contributed by atoms with van der Waals surface area (Å²) in [5.74, 6) is 0. The SMILES string of the molecule is CNc1ccc(N2CCOCC2)cc1[N+](=O)[O-]. The molecule has 1 aromatic carbocycles. The van der Waals surface area contributed by atoms with Gasteiger partial charge in [-0.25, -0.2) is 0 Å². The maximum atomic E-state index is 10.9. The number of benzene rings is 1. The Morgan fingerprint density at radius 2 is 2.12 bits per heavy atom. The Bertz CT molecular complexity index is 416. The van der Waals surface area contributed by atoms with Crippen LogP contribution in [0.3, 0.4) is 0 Å². The fourth-order valence-corrected chi connectivity index (χ4v) is 1.90. The number of nitro benzene ring substituents is 1. The molecule has 1 aliphatic rings. The highest BCUT2D eigenvalue weighted by atomic mass is 16.6. The average Bonchev–Trinajstić information content (AvgIpc) is 2.39. The maximum Gasteiger partial charge on any atom is 0.294 e. The van der Waals surface area contributed by atoms with Crippen molar-refractivity contribution in [2.24, 2.45) is 0 Å². The molecule has 6 nitrogen and oxygen atoms in total. The molecule has 1 saturated heterocycles. The van der Waals surface area contributed by atoms with Crippen LogP contribution in [0, 0.1) is 10.1 Å². The van der Waals surface area contributed by atoms with Crippen molar-refractivity contribution < 1.29 is 9.66 Å². The summed E-state index contributed by atoms with van der Waals surface area (Å²) in [4.78, 5) is 12.7. The number of nitrogens with one attached hydrogen (secondary N) is 1. The summed E-state index contributed by atoms with van der Waals surface area (Å²) in [5, 5.41) is 13.8. The second-order valence-corrected chi connectivity index (χ2v) is 3.81. The maximum absolute atomic E-state index is 10.9. The van der Waals surface area contributed by atoms with Gasteiger partial charge in [-0.05, 0) is 12.1 Å². The van der Waals surface area contributed by atoms with Gasteiger partial charge >= 0.3 is 0 Å². The highest BCUT2D eigenvalue weighted by molar-refractivity contribution is 5.68. The Balaban J connectivity index is 2.29. The monoisotopic (exact) mass is 237 g/mol. The van der Waals surface area contributed by atoms with E-state index in [0.717, 1.165) is 18.8 Å². The fraction of sp³-hybridized carbons (Fsp3) is 0.455. The molecule has 0 saturated carbocycles. The number of rotatable bonds is 3. The molecular weight excluding hydrogens is 222 g/mol. The van der Waals surface area contributed by atoms with Gasteiger partial charge in [-0.2, -0.15) is 0 Å². The van der Waals surface area contributed by atoms with Gasteiger partial charge in [-0.15, -0.1) is 0 Å². The van der Waals surface area contributed by atoms with Gasteiger partial charge in [0.2, 0.25) is 0 Å². The molecule has 1 aliphatic heterocycles. The normalized spacial score (nSPS) is 15.7. The van der Waals surface area contributed by atoms with Crippen LogP contribution < -0.4 is 10.2 Å². The van der Waals surface area contributed by atoms with Gasteiger partial charge in [0.25, 0.3) is 5.69 Å². The van der Waals surface area contributed by atoms with E-state index in [1.807, 2.05) is 6.07 Å². The lowest BCUT2D eigenvalue weighted by molar-refractivity contribution is -0.383. The first-order valence-corrected chi connectivity index (χ1v) is 5.51. The molecule has 1 N–H and O–H groups in total. The lowest BCUT2D eigenvalue weighted by atomic mass is 10.2. The molecule has 0 atom stereocenters. The summed E-state index contributed by atoms with van der Waals surface area (Å²) in [5.41, 5.74) is 1.52. The van der Waals surface area contributed by atoms with Crippen LogP contribution in [0.5, 0.6) is 0 Å². The summed E-state index contributed by atoms with van der Waals surface area (Å²) in [6.45, 7) is 2.88. The standard InChI is InChI=1S/C11H15N3O3/c1-12-10-3-2-9(8-11(10)14(15)16)13-4-6-17-7-5-13/h2-3,8,12H,4-7H2,1H3. The van der Waals surface area contributed by atoms with Crippen molar-refractivity contribution in [1.82, 2.24) is 0 Å². The van der Waals surface area contributed by atoms with E-state index in [0.29, 0.717) is 18.9 Å². The van der Waals surface area contributed by atoms with Gasteiger partial charge in [0.15, 0.2) is 0 Å². The molecule has 1 heterocycles. The third-order valence-electron chi connectivity index (χ3n) is 2.82. The summed E-state index contributed by atoms with van der Waals surface area (Å²) in [6, 6.07) is 5.24. The second-order valence-electron chi connectivity index (χ2n) is 3.81. The van der Waals surface area contributed by atoms with E-state index in [2.05, 4.69) is 10.2 Å². The predicted molar refractivity (Wildman–Crippen MR) is 65.7 cm³/mol. The number of hydrogen-bond acceptors (Lipinski definition) is 5. The molecule has 0 spiro atoms. The van der Waals surface area contributed by atoms with Crippen molar-refractivity contribution in [2.45, 2.75) is 0 Å². The molecule has 92 valence electrons. The number of anilines is 2. The van der Waals surface area contributed by atoms with E-state index in [9.17, 15) is 10.1 Å². The third kappa shape index (κ3) is 2.47. The van der Waals surface area contributed by atoms with Gasteiger partial charge in [0, 0.05) is 31.9 Å². The van der Waals surface area contributed by atoms with Crippen LogP contribution in [0.1, 0.15) is 0 Å². The summed E-state index contributed by atoms with van der Waals surface area (Å²) in [7, 11) is 1.68. The van der Waals surface area contributed by atoms with Gasteiger partial charge < -0.3 is 15.0 Å². The van der Waals surface area contributed by atoms with Crippen molar-refractivity contribution in [3.05, 3.63) is 28.3 Å². The van der Waals surface area contributed by atoms with Crippen molar-refractivity contribution in [2.75, 3.05) is 43.6 Å². The minimum Gasteiger partial charge on any atom is -0.383 e. The van der Waals surface area contributed by atoms with E-state index < -0.39 is 0 Å². The molecule has 1 fully saturated rings. The largest absolute Gasteiger partial charge is 0.383 e. The number of nitrogens with zero attached hydrogens (tertiary/aromatic N) is 2. The zero-order chi connectivity index (χ0) is 12.3. The van der Waals surface area contributed by atoms with Crippen LogP contribution in [-0.2, 0) is 4.74 Å². The van der Waals surface area contributed by atoms with Gasteiger partial charge in [-0.1, -0.05) is 0 Å². The van der Waals surface area contributed by atoms with Crippen LogP contribution in [-0.4, -0.2) is 38.3 Å². The zero-order valence-corrected chi connectivity index (χ0v) is 9.68. The minimum atomic E-state index is -0.365. The highest BCUT2D eigenvalue weighted by Crippen LogP contribution is 2.29. The lowest BCUT2D eigenvalue weighted by Crippen LogP contribution is -2.36. The van der Waals surface area contributed by atoms with Crippen LogP contribution >= 0.6 is 0 Å². The minimum absolute atomic E-state index is 0.108. The first-order chi connectivity index (χ1) is 8.22. The van der Waals surface area contributed by atoms with Gasteiger partial charge in [0.05, 0.1) is 18.1 Å². The summed E-state index contributed by atoms with van der Waals surface area (Å²) in [6.07, 6.45) is 0. The molecule has 0 bridgehead atoms. The Morgan fingerprint density at radius 3 is 2.71 bits per heavy atom. The first kappa shape index (κ1) is 11.7. The van der Waals surface area contributed by atoms with Gasteiger partial charge in [0.1, 0.15) is 5.69 Å². The van der Waals surface area contributed by atoms with Crippen LogP contribution in [0.4, 0.5) is 17.1 Å². The van der Waals surface area contributed by atoms with E-state index in [4.69, 9.17) is 4.74 Å². The second kappa shape index (κ2) is 5.01. The number of hydrogen-bond donors (Lipinski definition) is 1. The Labute approximate surface area is 99.3 Å². The van der Waals surface area contributed by atoms with E-state index in [1.165, 1.54) is 0 Å². The molecule has 0 aliphatic carbocycles. The van der Waals surface area contributed by atoms with Crippen molar-refractivity contribution >= 4 is 17.1 Å². The topological polar surface area (TPSA) is 67.6 Å². The zero-order valence-electron chi connectivity index (χ0n) is 9.68. The Morgan fingerprint density at radius 1 is 1.41 bits per heavy atom. The van der Waals surface area contributed by atoms with Crippen LogP contribution in [0.2, 0.25) is 0 Å². The van der Waals surface area contributed by atoms with E-state index in [1.54, 1.807) is 19.2 Å². The number of morpholine rings is 1. The highest BCUT2D eigenvalue weighted by Gasteiger charge is 2.17. The average molecular weight is 237 g/mol. The van der Waals surface area contributed by atoms with E-state index >= 15 is 0 Å². The summed E-state index contributed by atoms with van der Waals surface area (Å²) >= 11 is 0. The lowest BCUT2D eigenvalue weighted by Gasteiger charge is -2.28. The van der Waals surface area contributed by atoms with Crippen LogP contribution in [0.15, 0.2) is 18.2 Å². The summed E-state index contributed by atoms with van der Waals surface area (Å²) < 4.78 is 5.26. The Hall–Kier alpha value is -1.82. The Kier molecular flexibility index (Phi) is 3.43. The fourth-order valence-electron chi connectivity index (χ4n) is 1.90. The quantitative estimate of drug-likeness (QED) is 0.637. The smallest absolute Gasteiger partial charge is 0.294 e. The number of nitro groups is 1. The first-order valence-electron chi connectivity index (χ1n) is 5.51. The molecule has 0 amide bonds. The third-order valence-corrected chi connectivity index (χ3v) is 2.82. The molecule has 0 aromatic heterocycles. The number of ether oxygens (including phenoxy) is 1. The molecule has 0 unspecified atom stereocenters. The van der Waals surface area contributed by atoms with Crippen molar-refractivity contribution in [3.63, 3.8) is 0 Å². The van der Waals surface area contributed by atoms with E-state index in [-0.39, 0.29) is 10.6 Å². The molecular formula is C11H15N3O3. The molecule has 2 rings (SSSR count). The predicted octanol–water partition coefficient (Wildman–Crippen LogP) is 1.47. The molecule has 1 aromatic rings.